The van der Waals surface area contributed by atoms with Gasteiger partial charge in [-0.2, -0.15) is 0 Å². The van der Waals surface area contributed by atoms with Gasteiger partial charge in [0.1, 0.15) is 0 Å². The van der Waals surface area contributed by atoms with E-state index in [1.54, 1.807) is 7.11 Å². The molecule has 2 unspecified atom stereocenters. The lowest BCUT2D eigenvalue weighted by molar-refractivity contribution is -0.0408. The van der Waals surface area contributed by atoms with Crippen molar-refractivity contribution < 1.29 is 9.84 Å². The molecule has 0 aliphatic rings. The molecule has 0 aromatic rings. The molecule has 0 radical (unpaired) electrons. The number of hydrogen-bond donors (Lipinski definition) is 1. The Labute approximate surface area is 69.6 Å². The lowest BCUT2D eigenvalue weighted by Gasteiger charge is -2.24. The largest absolute Gasteiger partial charge is 0.390 e. The van der Waals surface area contributed by atoms with E-state index in [4.69, 9.17) is 4.74 Å². The molecule has 1 N–H and O–H groups in total. The lowest BCUT2D eigenvalue weighted by Crippen LogP contribution is -2.32. The smallest absolute Gasteiger partial charge is 0.0852 e. The zero-order valence-electron chi connectivity index (χ0n) is 8.00. The summed E-state index contributed by atoms with van der Waals surface area (Å²) in [6.07, 6.45) is 1.53. The van der Waals surface area contributed by atoms with E-state index in [-0.39, 0.29) is 12.2 Å². The highest BCUT2D eigenvalue weighted by atomic mass is 16.5. The standard InChI is InChI=1S/C9H20O2/c1-5-6-8(10)9(11-4)7(2)3/h7-10H,5-6H2,1-4H3. The first-order chi connectivity index (χ1) is 5.13. The molecule has 0 bridgehead atoms. The fraction of sp³-hybridized carbons (Fsp3) is 1.00. The van der Waals surface area contributed by atoms with E-state index in [0.717, 1.165) is 12.8 Å². The quantitative estimate of drug-likeness (QED) is 0.664. The van der Waals surface area contributed by atoms with E-state index in [1.165, 1.54) is 0 Å². The Hall–Kier alpha value is -0.0800. The van der Waals surface area contributed by atoms with Crippen LogP contribution in [0, 0.1) is 5.92 Å². The number of rotatable bonds is 5. The van der Waals surface area contributed by atoms with Crippen molar-refractivity contribution in [3.8, 4) is 0 Å². The topological polar surface area (TPSA) is 29.5 Å². The van der Waals surface area contributed by atoms with Gasteiger partial charge in [0.15, 0.2) is 0 Å². The van der Waals surface area contributed by atoms with Gasteiger partial charge >= 0.3 is 0 Å². The highest BCUT2D eigenvalue weighted by Crippen LogP contribution is 2.13. The van der Waals surface area contributed by atoms with Crippen molar-refractivity contribution >= 4 is 0 Å². The summed E-state index contributed by atoms with van der Waals surface area (Å²) < 4.78 is 5.18. The summed E-state index contributed by atoms with van der Waals surface area (Å²) >= 11 is 0. The Morgan fingerprint density at radius 1 is 1.36 bits per heavy atom. The van der Waals surface area contributed by atoms with Gasteiger partial charge in [-0.3, -0.25) is 0 Å². The van der Waals surface area contributed by atoms with Crippen LogP contribution >= 0.6 is 0 Å². The molecule has 68 valence electrons. The zero-order chi connectivity index (χ0) is 8.85. The second kappa shape index (κ2) is 5.56. The van der Waals surface area contributed by atoms with Crippen LogP contribution in [0.3, 0.4) is 0 Å². The van der Waals surface area contributed by atoms with Crippen molar-refractivity contribution in [3.63, 3.8) is 0 Å². The molecule has 0 aromatic carbocycles. The van der Waals surface area contributed by atoms with Crippen molar-refractivity contribution in [1.29, 1.82) is 0 Å². The van der Waals surface area contributed by atoms with Gasteiger partial charge in [0, 0.05) is 7.11 Å². The normalized spacial score (nSPS) is 16.9. The summed E-state index contributed by atoms with van der Waals surface area (Å²) in [4.78, 5) is 0. The highest BCUT2D eigenvalue weighted by Gasteiger charge is 2.20. The Kier molecular flexibility index (Phi) is 5.51. The van der Waals surface area contributed by atoms with Gasteiger partial charge in [-0.15, -0.1) is 0 Å². The summed E-state index contributed by atoms with van der Waals surface area (Å²) in [6.45, 7) is 6.19. The van der Waals surface area contributed by atoms with Gasteiger partial charge in [0.25, 0.3) is 0 Å². The number of hydrogen-bond acceptors (Lipinski definition) is 2. The molecule has 0 saturated carbocycles. The highest BCUT2D eigenvalue weighted by molar-refractivity contribution is 4.71. The fourth-order valence-electron chi connectivity index (χ4n) is 1.33. The lowest BCUT2D eigenvalue weighted by atomic mass is 9.99. The molecule has 0 aliphatic carbocycles. The predicted octanol–water partition coefficient (Wildman–Crippen LogP) is 1.82. The van der Waals surface area contributed by atoms with E-state index in [9.17, 15) is 5.11 Å². The van der Waals surface area contributed by atoms with Crippen molar-refractivity contribution in [2.45, 2.75) is 45.8 Å². The van der Waals surface area contributed by atoms with Gasteiger partial charge in [-0.25, -0.2) is 0 Å². The molecule has 0 spiro atoms. The molecule has 2 atom stereocenters. The van der Waals surface area contributed by atoms with E-state index in [2.05, 4.69) is 20.8 Å². The Morgan fingerprint density at radius 2 is 1.91 bits per heavy atom. The average Bonchev–Trinajstić information content (AvgIpc) is 1.88. The van der Waals surface area contributed by atoms with Gasteiger partial charge in [0.2, 0.25) is 0 Å². The van der Waals surface area contributed by atoms with Crippen LogP contribution in [0.1, 0.15) is 33.6 Å². The Balaban J connectivity index is 3.81. The monoisotopic (exact) mass is 160 g/mol. The van der Waals surface area contributed by atoms with Crippen molar-refractivity contribution in [3.05, 3.63) is 0 Å². The van der Waals surface area contributed by atoms with Crippen molar-refractivity contribution in [1.82, 2.24) is 0 Å². The van der Waals surface area contributed by atoms with Crippen LogP contribution in [0.5, 0.6) is 0 Å². The number of aliphatic hydroxyl groups is 1. The third kappa shape index (κ3) is 3.73. The van der Waals surface area contributed by atoms with Crippen LogP contribution in [-0.2, 0) is 4.74 Å². The van der Waals surface area contributed by atoms with Crippen LogP contribution in [0.15, 0.2) is 0 Å². The minimum Gasteiger partial charge on any atom is -0.390 e. The van der Waals surface area contributed by atoms with Crippen LogP contribution in [0.2, 0.25) is 0 Å². The van der Waals surface area contributed by atoms with Crippen molar-refractivity contribution in [2.24, 2.45) is 5.92 Å². The van der Waals surface area contributed by atoms with Gasteiger partial charge in [-0.05, 0) is 12.3 Å². The second-order valence-electron chi connectivity index (χ2n) is 3.30. The second-order valence-corrected chi connectivity index (χ2v) is 3.30. The predicted molar refractivity (Wildman–Crippen MR) is 46.5 cm³/mol. The molecule has 0 amide bonds. The molecule has 0 fully saturated rings. The summed E-state index contributed by atoms with van der Waals surface area (Å²) in [5.74, 6) is 0.390. The molecule has 0 aliphatic heterocycles. The zero-order valence-corrected chi connectivity index (χ0v) is 8.00. The van der Waals surface area contributed by atoms with E-state index in [1.807, 2.05) is 0 Å². The molecule has 0 saturated heterocycles. The third-order valence-electron chi connectivity index (χ3n) is 1.89. The first-order valence-electron chi connectivity index (χ1n) is 4.34. The Bertz CT molecular complexity index is 91.6. The van der Waals surface area contributed by atoms with Gasteiger partial charge in [0.05, 0.1) is 12.2 Å². The molecular formula is C9H20O2. The molecule has 2 nitrogen and oxygen atoms in total. The summed E-state index contributed by atoms with van der Waals surface area (Å²) in [7, 11) is 1.66. The SMILES string of the molecule is CCCC(O)C(OC)C(C)C. The number of ether oxygens (including phenoxy) is 1. The fourth-order valence-corrected chi connectivity index (χ4v) is 1.33. The molecular weight excluding hydrogens is 140 g/mol. The molecule has 11 heavy (non-hydrogen) atoms. The maximum absolute atomic E-state index is 9.55. The van der Waals surface area contributed by atoms with Gasteiger partial charge in [-0.1, -0.05) is 27.2 Å². The first-order valence-corrected chi connectivity index (χ1v) is 4.34. The number of methoxy groups -OCH3 is 1. The van der Waals surface area contributed by atoms with E-state index < -0.39 is 0 Å². The Morgan fingerprint density at radius 3 is 2.18 bits per heavy atom. The number of aliphatic hydroxyl groups excluding tert-OH is 1. The molecule has 0 rings (SSSR count). The van der Waals surface area contributed by atoms with Crippen molar-refractivity contribution in [2.75, 3.05) is 7.11 Å². The average molecular weight is 160 g/mol. The van der Waals surface area contributed by atoms with Crippen LogP contribution in [0.4, 0.5) is 0 Å². The maximum atomic E-state index is 9.55. The summed E-state index contributed by atoms with van der Waals surface area (Å²) in [5.41, 5.74) is 0. The third-order valence-corrected chi connectivity index (χ3v) is 1.89. The van der Waals surface area contributed by atoms with Crippen LogP contribution < -0.4 is 0 Å². The summed E-state index contributed by atoms with van der Waals surface area (Å²) in [5, 5.41) is 9.55. The summed E-state index contributed by atoms with van der Waals surface area (Å²) in [6, 6.07) is 0. The van der Waals surface area contributed by atoms with Crippen LogP contribution in [-0.4, -0.2) is 24.4 Å². The maximum Gasteiger partial charge on any atom is 0.0852 e. The van der Waals surface area contributed by atoms with E-state index in [0.29, 0.717) is 5.92 Å². The van der Waals surface area contributed by atoms with Gasteiger partial charge < -0.3 is 9.84 Å². The molecule has 0 aromatic heterocycles. The van der Waals surface area contributed by atoms with Crippen LogP contribution in [0.25, 0.3) is 0 Å². The minimum absolute atomic E-state index is 0.00468. The minimum atomic E-state index is -0.301. The first kappa shape index (κ1) is 10.9. The van der Waals surface area contributed by atoms with E-state index >= 15 is 0 Å². The molecule has 2 heteroatoms. The molecule has 0 heterocycles.